The van der Waals surface area contributed by atoms with Gasteiger partial charge in [-0.25, -0.2) is 0 Å². The lowest BCUT2D eigenvalue weighted by atomic mass is 9.83. The average Bonchev–Trinajstić information content (AvgIpc) is 2.72. The van der Waals surface area contributed by atoms with Gasteiger partial charge >= 0.3 is 5.97 Å². The molecule has 1 atom stereocenters. The van der Waals surface area contributed by atoms with E-state index in [9.17, 15) is 4.79 Å². The summed E-state index contributed by atoms with van der Waals surface area (Å²) >= 11 is 0. The number of hydrogen-bond acceptors (Lipinski definition) is 3. The summed E-state index contributed by atoms with van der Waals surface area (Å²) in [4.78, 5) is 12.6. The number of terminal acetylenes is 1. The molecule has 2 aliphatic rings. The number of aliphatic carboxylic acids is 1. The summed E-state index contributed by atoms with van der Waals surface area (Å²) in [5, 5.41) is 8.88. The highest BCUT2D eigenvalue weighted by Crippen LogP contribution is 2.41. The van der Waals surface area contributed by atoms with E-state index >= 15 is 0 Å². The largest absolute Gasteiger partial charge is 0.480 e. The lowest BCUT2D eigenvalue weighted by Crippen LogP contribution is -2.39. The quantitative estimate of drug-likeness (QED) is 0.771. The molecule has 1 spiro atoms. The Balaban J connectivity index is 1.85. The van der Waals surface area contributed by atoms with Crippen molar-refractivity contribution in [3.05, 3.63) is 0 Å². The highest BCUT2D eigenvalue weighted by molar-refractivity contribution is 5.69. The first-order valence-corrected chi connectivity index (χ1v) is 7.19. The van der Waals surface area contributed by atoms with E-state index in [-0.39, 0.29) is 18.2 Å². The van der Waals surface area contributed by atoms with Crippen LogP contribution in [0.15, 0.2) is 0 Å². The van der Waals surface area contributed by atoms with Crippen molar-refractivity contribution in [1.82, 2.24) is 4.90 Å². The normalized spacial score (nSPS) is 25.6. The second-order valence-corrected chi connectivity index (χ2v) is 5.79. The van der Waals surface area contributed by atoms with Crippen LogP contribution in [0.3, 0.4) is 0 Å². The van der Waals surface area contributed by atoms with Gasteiger partial charge in [0.15, 0.2) is 0 Å². The van der Waals surface area contributed by atoms with Crippen molar-refractivity contribution < 1.29 is 14.6 Å². The number of ether oxygens (including phenoxy) is 1. The van der Waals surface area contributed by atoms with Crippen LogP contribution in [-0.2, 0) is 9.53 Å². The van der Waals surface area contributed by atoms with Crippen LogP contribution in [0.5, 0.6) is 0 Å². The standard InChI is InChI=1S/C15H23NO3/c1-2-10-16(12-14(17)18)11-13-6-9-15(19-13)7-4-3-5-8-15/h1,13H,3-12H2,(H,17,18). The lowest BCUT2D eigenvalue weighted by Gasteiger charge is -2.34. The summed E-state index contributed by atoms with van der Waals surface area (Å²) in [6, 6.07) is 0. The van der Waals surface area contributed by atoms with Gasteiger partial charge in [0.2, 0.25) is 0 Å². The van der Waals surface area contributed by atoms with E-state index in [1.54, 1.807) is 4.90 Å². The van der Waals surface area contributed by atoms with Gasteiger partial charge in [-0.15, -0.1) is 6.42 Å². The van der Waals surface area contributed by atoms with Gasteiger partial charge in [-0.1, -0.05) is 25.2 Å². The Kier molecular flexibility index (Phi) is 4.84. The minimum atomic E-state index is -0.833. The van der Waals surface area contributed by atoms with Crippen LogP contribution in [0, 0.1) is 12.3 Å². The Morgan fingerprint density at radius 3 is 2.74 bits per heavy atom. The van der Waals surface area contributed by atoms with Crippen LogP contribution in [0.2, 0.25) is 0 Å². The third-order valence-electron chi connectivity index (χ3n) is 4.24. The molecule has 2 fully saturated rings. The predicted octanol–water partition coefficient (Wildman–Crippen LogP) is 1.89. The van der Waals surface area contributed by atoms with Gasteiger partial charge in [0.05, 0.1) is 24.8 Å². The summed E-state index contributed by atoms with van der Waals surface area (Å²) < 4.78 is 6.25. The molecule has 1 N–H and O–H groups in total. The number of carboxylic acid groups (broad SMARTS) is 1. The maximum Gasteiger partial charge on any atom is 0.317 e. The monoisotopic (exact) mass is 265 g/mol. The molecule has 0 aromatic heterocycles. The van der Waals surface area contributed by atoms with Crippen molar-refractivity contribution in [3.8, 4) is 12.3 Å². The van der Waals surface area contributed by atoms with Crippen LogP contribution >= 0.6 is 0 Å². The lowest BCUT2D eigenvalue weighted by molar-refractivity contribution is -0.138. The van der Waals surface area contributed by atoms with Crippen molar-refractivity contribution >= 4 is 5.97 Å². The first-order valence-electron chi connectivity index (χ1n) is 7.19. The number of nitrogens with zero attached hydrogens (tertiary/aromatic N) is 1. The molecule has 2 rings (SSSR count). The molecule has 0 radical (unpaired) electrons. The third-order valence-corrected chi connectivity index (χ3v) is 4.24. The van der Waals surface area contributed by atoms with E-state index in [0.29, 0.717) is 13.1 Å². The Labute approximate surface area is 115 Å². The topological polar surface area (TPSA) is 49.8 Å². The maximum absolute atomic E-state index is 10.8. The highest BCUT2D eigenvalue weighted by atomic mass is 16.5. The molecule has 1 saturated heterocycles. The minimum Gasteiger partial charge on any atom is -0.480 e. The number of rotatable bonds is 5. The van der Waals surface area contributed by atoms with Crippen molar-refractivity contribution in [2.45, 2.75) is 56.7 Å². The van der Waals surface area contributed by atoms with Crippen LogP contribution < -0.4 is 0 Å². The zero-order valence-electron chi connectivity index (χ0n) is 11.4. The third kappa shape index (κ3) is 3.95. The second-order valence-electron chi connectivity index (χ2n) is 5.79. The molecule has 0 aromatic rings. The molecular formula is C15H23NO3. The molecule has 0 bridgehead atoms. The van der Waals surface area contributed by atoms with Crippen LogP contribution in [0.1, 0.15) is 44.9 Å². The van der Waals surface area contributed by atoms with Crippen molar-refractivity contribution in [1.29, 1.82) is 0 Å². The van der Waals surface area contributed by atoms with Gasteiger partial charge in [0, 0.05) is 6.54 Å². The fourth-order valence-corrected chi connectivity index (χ4v) is 3.38. The van der Waals surface area contributed by atoms with Gasteiger partial charge in [-0.3, -0.25) is 9.69 Å². The molecule has 1 aliphatic carbocycles. The van der Waals surface area contributed by atoms with Gasteiger partial charge in [-0.05, 0) is 25.7 Å². The van der Waals surface area contributed by atoms with Crippen molar-refractivity contribution in [2.24, 2.45) is 0 Å². The molecular weight excluding hydrogens is 242 g/mol. The fourth-order valence-electron chi connectivity index (χ4n) is 3.38. The highest BCUT2D eigenvalue weighted by Gasteiger charge is 2.41. The molecule has 19 heavy (non-hydrogen) atoms. The van der Waals surface area contributed by atoms with E-state index in [2.05, 4.69) is 5.92 Å². The number of carbonyl (C=O) groups is 1. The molecule has 1 heterocycles. The number of carboxylic acids is 1. The van der Waals surface area contributed by atoms with Crippen molar-refractivity contribution in [2.75, 3.05) is 19.6 Å². The molecule has 1 unspecified atom stereocenters. The molecule has 0 amide bonds. The molecule has 1 saturated carbocycles. The predicted molar refractivity (Wildman–Crippen MR) is 72.8 cm³/mol. The Morgan fingerprint density at radius 1 is 1.37 bits per heavy atom. The molecule has 4 nitrogen and oxygen atoms in total. The average molecular weight is 265 g/mol. The molecule has 0 aromatic carbocycles. The fraction of sp³-hybridized carbons (Fsp3) is 0.800. The van der Waals surface area contributed by atoms with E-state index in [4.69, 9.17) is 16.3 Å². The zero-order chi connectivity index (χ0) is 13.7. The van der Waals surface area contributed by atoms with Crippen LogP contribution in [-0.4, -0.2) is 47.3 Å². The van der Waals surface area contributed by atoms with Gasteiger partial charge < -0.3 is 9.84 Å². The van der Waals surface area contributed by atoms with E-state index in [1.807, 2.05) is 0 Å². The van der Waals surface area contributed by atoms with Gasteiger partial charge in [0.25, 0.3) is 0 Å². The maximum atomic E-state index is 10.8. The summed E-state index contributed by atoms with van der Waals surface area (Å²) in [6.07, 6.45) is 13.7. The van der Waals surface area contributed by atoms with Crippen molar-refractivity contribution in [3.63, 3.8) is 0 Å². The SMILES string of the molecule is C#CCN(CC(=O)O)CC1CCC2(CCCCC2)O1. The Morgan fingerprint density at radius 2 is 2.11 bits per heavy atom. The summed E-state index contributed by atoms with van der Waals surface area (Å²) in [7, 11) is 0. The van der Waals surface area contributed by atoms with Gasteiger partial charge in [-0.2, -0.15) is 0 Å². The zero-order valence-corrected chi connectivity index (χ0v) is 11.4. The van der Waals surface area contributed by atoms with Gasteiger partial charge in [0.1, 0.15) is 0 Å². The van der Waals surface area contributed by atoms with Crippen LogP contribution in [0.25, 0.3) is 0 Å². The molecule has 4 heteroatoms. The first-order chi connectivity index (χ1) is 9.13. The Hall–Kier alpha value is -1.05. The van der Waals surface area contributed by atoms with E-state index < -0.39 is 5.97 Å². The van der Waals surface area contributed by atoms with E-state index in [0.717, 1.165) is 25.7 Å². The summed E-state index contributed by atoms with van der Waals surface area (Å²) in [5.41, 5.74) is 0.0912. The second kappa shape index (κ2) is 6.40. The number of hydrogen-bond donors (Lipinski definition) is 1. The minimum absolute atomic E-state index is 0.00292. The summed E-state index contributed by atoms with van der Waals surface area (Å²) in [5.74, 6) is 1.69. The first kappa shape index (κ1) is 14.4. The van der Waals surface area contributed by atoms with Crippen LogP contribution in [0.4, 0.5) is 0 Å². The smallest absolute Gasteiger partial charge is 0.317 e. The Bertz CT molecular complexity index is 355. The summed E-state index contributed by atoms with van der Waals surface area (Å²) in [6.45, 7) is 1.01. The molecule has 1 aliphatic heterocycles. The van der Waals surface area contributed by atoms with E-state index in [1.165, 1.54) is 19.3 Å². The molecule has 106 valence electrons.